The van der Waals surface area contributed by atoms with Gasteiger partial charge in [-0.25, -0.2) is 0 Å². The summed E-state index contributed by atoms with van der Waals surface area (Å²) >= 11 is 0. The quantitative estimate of drug-likeness (QED) is 0.804. The summed E-state index contributed by atoms with van der Waals surface area (Å²) in [5.74, 6) is -0.421. The van der Waals surface area contributed by atoms with E-state index in [-0.39, 0.29) is 0 Å². The molecule has 0 amide bonds. The summed E-state index contributed by atoms with van der Waals surface area (Å²) in [4.78, 5) is 12.1. The fourth-order valence-corrected chi connectivity index (χ4v) is 2.83. The highest BCUT2D eigenvalue weighted by Gasteiger charge is 2.28. The van der Waals surface area contributed by atoms with Gasteiger partial charge in [0.1, 0.15) is 13.2 Å². The van der Waals surface area contributed by atoms with Crippen LogP contribution in [0, 0.1) is 0 Å². The zero-order valence-electron chi connectivity index (χ0n) is 11.2. The van der Waals surface area contributed by atoms with E-state index in [4.69, 9.17) is 0 Å². The molecule has 0 bridgehead atoms. The molecule has 0 saturated heterocycles. The van der Waals surface area contributed by atoms with Crippen LogP contribution >= 0.6 is 0 Å². The Hall–Kier alpha value is -1.88. The summed E-state index contributed by atoms with van der Waals surface area (Å²) in [7, 11) is 0. The van der Waals surface area contributed by atoms with Gasteiger partial charge >= 0.3 is 6.18 Å². The van der Waals surface area contributed by atoms with Crippen LogP contribution < -0.4 is 0 Å². The maximum atomic E-state index is 12.1. The summed E-state index contributed by atoms with van der Waals surface area (Å²) in [5.41, 5.74) is 2.81. The molecule has 2 aromatic rings. The lowest BCUT2D eigenvalue weighted by Crippen LogP contribution is -2.20. The molecule has 0 atom stereocenters. The number of halogens is 3. The Labute approximate surface area is 119 Å². The molecule has 5 heteroatoms. The van der Waals surface area contributed by atoms with Crippen molar-refractivity contribution in [2.45, 2.75) is 19.0 Å². The summed E-state index contributed by atoms with van der Waals surface area (Å²) in [6.45, 7) is -1.96. The molecule has 0 radical (unpaired) electrons. The number of ether oxygens (including phenoxy) is 1. The van der Waals surface area contributed by atoms with Gasteiger partial charge in [-0.2, -0.15) is 13.2 Å². The van der Waals surface area contributed by atoms with Crippen LogP contribution in [-0.4, -0.2) is 25.2 Å². The average molecular weight is 294 g/mol. The topological polar surface area (TPSA) is 26.3 Å². The molecule has 0 saturated carbocycles. The van der Waals surface area contributed by atoms with Gasteiger partial charge in [0.2, 0.25) is 0 Å². The maximum absolute atomic E-state index is 12.1. The molecule has 0 N–H and O–H groups in total. The fraction of sp³-hybridized carbons (Fsp3) is 0.312. The Balaban J connectivity index is 1.86. The van der Waals surface area contributed by atoms with Gasteiger partial charge < -0.3 is 4.74 Å². The number of carbonyl (C=O) groups excluding carboxylic acids is 1. The second-order valence-corrected chi connectivity index (χ2v) is 5.14. The number of benzene rings is 2. The Kier molecular flexibility index (Phi) is 3.45. The van der Waals surface area contributed by atoms with E-state index in [1.54, 1.807) is 6.07 Å². The standard InChI is InChI=1S/C16H13F3O2/c17-16(18,19)9-21-8-14(20)12-7-6-11-5-4-10-2-1-3-13(12)15(10)11/h1-3,6-7H,4-5,8-9H2. The minimum Gasteiger partial charge on any atom is -0.364 e. The smallest absolute Gasteiger partial charge is 0.364 e. The first-order valence-electron chi connectivity index (χ1n) is 6.67. The van der Waals surface area contributed by atoms with Crippen LogP contribution in [0.1, 0.15) is 21.5 Å². The van der Waals surface area contributed by atoms with Crippen molar-refractivity contribution in [3.05, 3.63) is 47.0 Å². The Bertz CT molecular complexity index is 694. The van der Waals surface area contributed by atoms with Crippen molar-refractivity contribution >= 4 is 16.6 Å². The molecule has 21 heavy (non-hydrogen) atoms. The van der Waals surface area contributed by atoms with E-state index in [0.29, 0.717) is 5.56 Å². The van der Waals surface area contributed by atoms with Crippen molar-refractivity contribution in [3.63, 3.8) is 0 Å². The highest BCUT2D eigenvalue weighted by molar-refractivity contribution is 6.10. The minimum atomic E-state index is -4.41. The SMILES string of the molecule is O=C(COCC(F)(F)F)c1ccc2c3c(cccc13)CC2. The van der Waals surface area contributed by atoms with E-state index in [9.17, 15) is 18.0 Å². The number of ketones is 1. The van der Waals surface area contributed by atoms with E-state index in [0.717, 1.165) is 23.6 Å². The van der Waals surface area contributed by atoms with Crippen molar-refractivity contribution in [1.82, 2.24) is 0 Å². The highest BCUT2D eigenvalue weighted by Crippen LogP contribution is 2.32. The van der Waals surface area contributed by atoms with Gasteiger partial charge in [0.25, 0.3) is 0 Å². The predicted molar refractivity (Wildman–Crippen MR) is 72.6 cm³/mol. The lowest BCUT2D eigenvalue weighted by molar-refractivity contribution is -0.170. The number of carbonyl (C=O) groups is 1. The number of hydrogen-bond donors (Lipinski definition) is 0. The molecular formula is C16H13F3O2. The molecular weight excluding hydrogens is 281 g/mol. The first kappa shape index (κ1) is 14.1. The number of alkyl halides is 3. The van der Waals surface area contributed by atoms with Crippen molar-refractivity contribution in [3.8, 4) is 0 Å². The maximum Gasteiger partial charge on any atom is 0.411 e. The summed E-state index contributed by atoms with van der Waals surface area (Å²) in [6, 6.07) is 9.31. The molecule has 0 fully saturated rings. The van der Waals surface area contributed by atoms with E-state index in [2.05, 4.69) is 4.74 Å². The Morgan fingerprint density at radius 2 is 1.81 bits per heavy atom. The molecule has 110 valence electrons. The van der Waals surface area contributed by atoms with Crippen molar-refractivity contribution in [1.29, 1.82) is 0 Å². The van der Waals surface area contributed by atoms with Gasteiger partial charge in [-0.15, -0.1) is 0 Å². The summed E-state index contributed by atoms with van der Waals surface area (Å²) in [6.07, 6.45) is -2.54. The van der Waals surface area contributed by atoms with Crippen LogP contribution in [-0.2, 0) is 17.6 Å². The molecule has 1 aliphatic rings. The van der Waals surface area contributed by atoms with E-state index < -0.39 is 25.2 Å². The van der Waals surface area contributed by atoms with Crippen molar-refractivity contribution in [2.75, 3.05) is 13.2 Å². The van der Waals surface area contributed by atoms with Crippen LogP contribution in [0.5, 0.6) is 0 Å². The second-order valence-electron chi connectivity index (χ2n) is 5.14. The largest absolute Gasteiger partial charge is 0.411 e. The molecule has 0 heterocycles. The van der Waals surface area contributed by atoms with E-state index in [1.165, 1.54) is 11.1 Å². The van der Waals surface area contributed by atoms with Gasteiger partial charge in [0.05, 0.1) is 0 Å². The van der Waals surface area contributed by atoms with Gasteiger partial charge in [-0.3, -0.25) is 4.79 Å². The number of Topliss-reactive ketones (excluding diaryl/α,β-unsaturated/α-hetero) is 1. The van der Waals surface area contributed by atoms with Crippen LogP contribution in [0.25, 0.3) is 10.8 Å². The summed E-state index contributed by atoms with van der Waals surface area (Å²) < 4.78 is 40.6. The number of hydrogen-bond acceptors (Lipinski definition) is 2. The molecule has 2 nitrogen and oxygen atoms in total. The third kappa shape index (κ3) is 2.78. The van der Waals surface area contributed by atoms with Crippen molar-refractivity contribution < 1.29 is 22.7 Å². The van der Waals surface area contributed by atoms with Gasteiger partial charge in [-0.05, 0) is 34.7 Å². The molecule has 2 aromatic carbocycles. The van der Waals surface area contributed by atoms with E-state index in [1.807, 2.05) is 24.3 Å². The third-order valence-corrected chi connectivity index (χ3v) is 3.68. The minimum absolute atomic E-state index is 0.421. The van der Waals surface area contributed by atoms with Gasteiger partial charge in [0, 0.05) is 5.56 Å². The Morgan fingerprint density at radius 3 is 2.52 bits per heavy atom. The second kappa shape index (κ2) is 5.15. The normalized spacial score (nSPS) is 13.9. The molecule has 0 spiro atoms. The molecule has 0 unspecified atom stereocenters. The van der Waals surface area contributed by atoms with E-state index >= 15 is 0 Å². The van der Waals surface area contributed by atoms with Gasteiger partial charge in [0.15, 0.2) is 5.78 Å². The van der Waals surface area contributed by atoms with Crippen LogP contribution in [0.3, 0.4) is 0 Å². The first-order valence-corrected chi connectivity index (χ1v) is 6.67. The Morgan fingerprint density at radius 1 is 1.10 bits per heavy atom. The van der Waals surface area contributed by atoms with Crippen LogP contribution in [0.4, 0.5) is 13.2 Å². The average Bonchev–Trinajstić information content (AvgIpc) is 2.83. The monoisotopic (exact) mass is 294 g/mol. The first-order chi connectivity index (χ1) is 9.96. The fourth-order valence-electron chi connectivity index (χ4n) is 2.83. The number of aryl methyl sites for hydroxylation is 2. The lowest BCUT2D eigenvalue weighted by atomic mass is 9.98. The molecule has 0 aromatic heterocycles. The number of rotatable bonds is 4. The zero-order valence-corrected chi connectivity index (χ0v) is 11.2. The van der Waals surface area contributed by atoms with Crippen LogP contribution in [0.2, 0.25) is 0 Å². The molecule has 0 aliphatic heterocycles. The highest BCUT2D eigenvalue weighted by atomic mass is 19.4. The molecule has 1 aliphatic carbocycles. The summed E-state index contributed by atoms with van der Waals surface area (Å²) in [5, 5.41) is 1.88. The zero-order chi connectivity index (χ0) is 15.0. The third-order valence-electron chi connectivity index (χ3n) is 3.68. The predicted octanol–water partition coefficient (Wildman–Crippen LogP) is 3.70. The van der Waals surface area contributed by atoms with Gasteiger partial charge in [-0.1, -0.05) is 30.3 Å². The van der Waals surface area contributed by atoms with Crippen LogP contribution in [0.15, 0.2) is 30.3 Å². The molecule has 3 rings (SSSR count). The lowest BCUT2D eigenvalue weighted by Gasteiger charge is -2.10. The van der Waals surface area contributed by atoms with Crippen molar-refractivity contribution in [2.24, 2.45) is 0 Å².